The van der Waals surface area contributed by atoms with Crippen molar-refractivity contribution in [2.45, 2.75) is 0 Å². The van der Waals surface area contributed by atoms with Crippen LogP contribution in [0.5, 0.6) is 0 Å². The van der Waals surface area contributed by atoms with E-state index in [4.69, 9.17) is 5.73 Å². The summed E-state index contributed by atoms with van der Waals surface area (Å²) >= 11 is 0. The van der Waals surface area contributed by atoms with Crippen molar-refractivity contribution in [3.05, 3.63) is 20.8 Å². The fraction of sp³-hybridized carbons (Fsp3) is 0.167. The number of H-pyrrole nitrogens is 2. The highest BCUT2D eigenvalue weighted by molar-refractivity contribution is 5.65. The van der Waals surface area contributed by atoms with Crippen LogP contribution in [-0.2, 0) is 4.79 Å². The van der Waals surface area contributed by atoms with Gasteiger partial charge >= 0.3 is 5.69 Å². The maximum Gasteiger partial charge on any atom is 0.327 e. The number of nitrogens with one attached hydrogen (secondary N) is 3. The van der Waals surface area contributed by atoms with E-state index >= 15 is 0 Å². The monoisotopic (exact) mass is 184 g/mol. The Morgan fingerprint density at radius 3 is 2.62 bits per heavy atom. The molecule has 5 N–H and O–H groups in total. The molecule has 0 bridgehead atoms. The molecule has 0 fully saturated rings. The van der Waals surface area contributed by atoms with E-state index in [2.05, 4.69) is 10.3 Å². The second-order valence-electron chi connectivity index (χ2n) is 2.24. The largest absolute Gasteiger partial charge is 0.383 e. The van der Waals surface area contributed by atoms with E-state index in [0.29, 0.717) is 6.29 Å². The van der Waals surface area contributed by atoms with E-state index in [9.17, 15) is 14.4 Å². The second-order valence-corrected chi connectivity index (χ2v) is 2.24. The first-order valence-corrected chi connectivity index (χ1v) is 3.44. The highest BCUT2D eigenvalue weighted by Gasteiger charge is 2.04. The van der Waals surface area contributed by atoms with Crippen molar-refractivity contribution in [1.82, 2.24) is 9.97 Å². The first-order valence-electron chi connectivity index (χ1n) is 3.44. The average molecular weight is 184 g/mol. The number of aldehydes is 1. The van der Waals surface area contributed by atoms with Crippen LogP contribution in [0.2, 0.25) is 0 Å². The zero-order valence-electron chi connectivity index (χ0n) is 6.59. The van der Waals surface area contributed by atoms with Crippen molar-refractivity contribution in [2.24, 2.45) is 0 Å². The van der Waals surface area contributed by atoms with Gasteiger partial charge in [0, 0.05) is 0 Å². The van der Waals surface area contributed by atoms with Crippen LogP contribution in [0.4, 0.5) is 11.5 Å². The fourth-order valence-electron chi connectivity index (χ4n) is 0.823. The Kier molecular flexibility index (Phi) is 2.48. The summed E-state index contributed by atoms with van der Waals surface area (Å²) in [5.41, 5.74) is 3.97. The maximum atomic E-state index is 11.0. The van der Waals surface area contributed by atoms with Crippen molar-refractivity contribution in [1.29, 1.82) is 0 Å². The number of nitrogen functional groups attached to an aromatic ring is 1. The summed E-state index contributed by atoms with van der Waals surface area (Å²) < 4.78 is 0. The number of aromatic amines is 2. The second kappa shape index (κ2) is 3.57. The molecule has 0 aliphatic rings. The van der Waals surface area contributed by atoms with E-state index in [1.165, 1.54) is 0 Å². The van der Waals surface area contributed by atoms with Crippen molar-refractivity contribution in [3.63, 3.8) is 0 Å². The number of hydrogen-bond acceptors (Lipinski definition) is 5. The van der Waals surface area contributed by atoms with Crippen LogP contribution in [0.25, 0.3) is 0 Å². The van der Waals surface area contributed by atoms with Gasteiger partial charge in [0.05, 0.1) is 6.54 Å². The van der Waals surface area contributed by atoms with Crippen molar-refractivity contribution in [3.8, 4) is 0 Å². The van der Waals surface area contributed by atoms with Gasteiger partial charge in [-0.05, 0) is 0 Å². The number of nitrogens with two attached hydrogens (primary N) is 1. The molecule has 0 atom stereocenters. The average Bonchev–Trinajstić information content (AvgIpc) is 2.02. The molecule has 7 heteroatoms. The zero-order chi connectivity index (χ0) is 9.84. The van der Waals surface area contributed by atoms with Gasteiger partial charge in [-0.25, -0.2) is 4.79 Å². The number of carbonyl (C=O) groups is 1. The van der Waals surface area contributed by atoms with Crippen LogP contribution in [0.15, 0.2) is 9.59 Å². The predicted octanol–water partition coefficient (Wildman–Crippen LogP) is -1.74. The fourth-order valence-corrected chi connectivity index (χ4v) is 0.823. The minimum absolute atomic E-state index is 0.00769. The van der Waals surface area contributed by atoms with Crippen LogP contribution >= 0.6 is 0 Å². The summed E-state index contributed by atoms with van der Waals surface area (Å²) in [4.78, 5) is 35.8. The molecule has 70 valence electrons. The molecule has 0 saturated carbocycles. The minimum Gasteiger partial charge on any atom is -0.383 e. The molecular formula is C6H8N4O3. The summed E-state index contributed by atoms with van der Waals surface area (Å²) in [6, 6.07) is 0. The molecule has 0 aliphatic carbocycles. The van der Waals surface area contributed by atoms with E-state index < -0.39 is 11.2 Å². The number of aromatic nitrogens is 2. The molecule has 13 heavy (non-hydrogen) atoms. The molecule has 1 rings (SSSR count). The van der Waals surface area contributed by atoms with Crippen LogP contribution < -0.4 is 22.3 Å². The lowest BCUT2D eigenvalue weighted by Gasteiger charge is -2.02. The standard InChI is InChI=1S/C6H8N4O3/c7-4-3(8-1-2-11)5(12)10-6(13)9-4/h2,8H,1H2,(H4,7,9,10,12,13). The number of anilines is 2. The number of carbonyl (C=O) groups excluding carboxylic acids is 1. The van der Waals surface area contributed by atoms with Gasteiger partial charge in [0.25, 0.3) is 5.56 Å². The van der Waals surface area contributed by atoms with Crippen molar-refractivity contribution >= 4 is 17.8 Å². The van der Waals surface area contributed by atoms with Gasteiger partial charge in [0.15, 0.2) is 0 Å². The molecule has 0 aromatic carbocycles. The van der Waals surface area contributed by atoms with Crippen molar-refractivity contribution < 1.29 is 4.79 Å². The van der Waals surface area contributed by atoms with Crippen LogP contribution in [0.3, 0.4) is 0 Å². The summed E-state index contributed by atoms with van der Waals surface area (Å²) in [6.07, 6.45) is 0.573. The normalized spacial score (nSPS) is 9.54. The Balaban J connectivity index is 3.13. The number of hydrogen-bond donors (Lipinski definition) is 4. The van der Waals surface area contributed by atoms with E-state index in [1.807, 2.05) is 4.98 Å². The van der Waals surface area contributed by atoms with Crippen LogP contribution in [-0.4, -0.2) is 22.8 Å². The van der Waals surface area contributed by atoms with Gasteiger partial charge < -0.3 is 15.8 Å². The molecule has 0 aliphatic heterocycles. The minimum atomic E-state index is -0.681. The SMILES string of the molecule is Nc1[nH]c(=O)[nH]c(=O)c1NCC=O. The van der Waals surface area contributed by atoms with E-state index in [-0.39, 0.29) is 18.1 Å². The Labute approximate surface area is 72.0 Å². The molecule has 7 nitrogen and oxygen atoms in total. The zero-order valence-corrected chi connectivity index (χ0v) is 6.59. The summed E-state index contributed by atoms with van der Waals surface area (Å²) in [5, 5.41) is 2.45. The first-order chi connectivity index (χ1) is 6.15. The van der Waals surface area contributed by atoms with E-state index in [0.717, 1.165) is 0 Å². The van der Waals surface area contributed by atoms with Gasteiger partial charge in [-0.1, -0.05) is 0 Å². The third-order valence-electron chi connectivity index (χ3n) is 1.33. The molecule has 1 heterocycles. The molecule has 0 unspecified atom stereocenters. The van der Waals surface area contributed by atoms with Gasteiger partial charge in [-0.3, -0.25) is 14.8 Å². The smallest absolute Gasteiger partial charge is 0.327 e. The number of rotatable bonds is 3. The molecule has 0 spiro atoms. The van der Waals surface area contributed by atoms with Gasteiger partial charge in [-0.15, -0.1) is 0 Å². The van der Waals surface area contributed by atoms with E-state index in [1.54, 1.807) is 0 Å². The molecule has 1 aromatic rings. The van der Waals surface area contributed by atoms with Crippen molar-refractivity contribution in [2.75, 3.05) is 17.6 Å². The third-order valence-corrected chi connectivity index (χ3v) is 1.33. The highest BCUT2D eigenvalue weighted by Crippen LogP contribution is 2.03. The Bertz CT molecular complexity index is 419. The Morgan fingerprint density at radius 1 is 1.38 bits per heavy atom. The quantitative estimate of drug-likeness (QED) is 0.415. The molecule has 0 saturated heterocycles. The molecule has 0 amide bonds. The molecule has 0 radical (unpaired) electrons. The van der Waals surface area contributed by atoms with Crippen LogP contribution in [0, 0.1) is 0 Å². The highest BCUT2D eigenvalue weighted by atomic mass is 16.2. The molecular weight excluding hydrogens is 176 g/mol. The summed E-state index contributed by atoms with van der Waals surface area (Å²) in [7, 11) is 0. The summed E-state index contributed by atoms with van der Waals surface area (Å²) in [6.45, 7) is -0.0423. The lowest BCUT2D eigenvalue weighted by molar-refractivity contribution is -0.106. The maximum absolute atomic E-state index is 11.0. The topological polar surface area (TPSA) is 121 Å². The third kappa shape index (κ3) is 1.95. The Hall–Kier alpha value is -2.05. The lowest BCUT2D eigenvalue weighted by Crippen LogP contribution is -2.27. The Morgan fingerprint density at radius 2 is 2.08 bits per heavy atom. The van der Waals surface area contributed by atoms with Crippen LogP contribution in [0.1, 0.15) is 0 Å². The lowest BCUT2D eigenvalue weighted by atomic mass is 10.4. The van der Waals surface area contributed by atoms with Gasteiger partial charge in [0.1, 0.15) is 17.8 Å². The van der Waals surface area contributed by atoms with Gasteiger partial charge in [0.2, 0.25) is 0 Å². The van der Waals surface area contributed by atoms with Gasteiger partial charge in [-0.2, -0.15) is 0 Å². The molecule has 1 aromatic heterocycles. The first kappa shape index (κ1) is 9.04. The predicted molar refractivity (Wildman–Crippen MR) is 46.6 cm³/mol. The summed E-state index contributed by atoms with van der Waals surface area (Å²) in [5.74, 6) is -0.0874.